The number of hydrogen-bond acceptors (Lipinski definition) is 5. The highest BCUT2D eigenvalue weighted by Crippen LogP contribution is 2.35. The van der Waals surface area contributed by atoms with Crippen LogP contribution in [0.3, 0.4) is 0 Å². The van der Waals surface area contributed by atoms with Crippen molar-refractivity contribution in [3.05, 3.63) is 27.8 Å². The third-order valence-electron chi connectivity index (χ3n) is 2.28. The van der Waals surface area contributed by atoms with Gasteiger partial charge in [-0.25, -0.2) is 0 Å². The van der Waals surface area contributed by atoms with Gasteiger partial charge in [0.25, 0.3) is 0 Å². The number of ether oxygens (including phenoxy) is 2. The molecular weight excluding hydrogens is 254 g/mol. The molecule has 1 rings (SSSR count). The summed E-state index contributed by atoms with van der Waals surface area (Å²) in [6, 6.07) is 2.55. The smallest absolute Gasteiger partial charge is 0.311 e. The number of carbonyl (C=O) groups is 1. The lowest BCUT2D eigenvalue weighted by atomic mass is 10.1. The second-order valence-corrected chi connectivity index (χ2v) is 3.62. The van der Waals surface area contributed by atoms with Gasteiger partial charge in [-0.2, -0.15) is 0 Å². The number of rotatable bonds is 7. The van der Waals surface area contributed by atoms with Crippen LogP contribution < -0.4 is 9.47 Å². The molecule has 0 aliphatic heterocycles. The van der Waals surface area contributed by atoms with Crippen molar-refractivity contribution in [3.63, 3.8) is 0 Å². The summed E-state index contributed by atoms with van der Waals surface area (Å²) in [5.41, 5.74) is -0.00828. The quantitative estimate of drug-likeness (QED) is 0.600. The summed E-state index contributed by atoms with van der Waals surface area (Å²) in [6.07, 6.45) is -0.345. The Labute approximate surface area is 109 Å². The lowest BCUT2D eigenvalue weighted by molar-refractivity contribution is -0.385. The van der Waals surface area contributed by atoms with Crippen LogP contribution in [0.5, 0.6) is 11.5 Å². The number of nitro benzene ring substituents is 1. The fraction of sp³-hybridized carbons (Fsp3) is 0.417. The Hall–Kier alpha value is -2.31. The molecule has 0 unspecified atom stereocenters. The first-order chi connectivity index (χ1) is 8.99. The molecule has 1 aromatic carbocycles. The van der Waals surface area contributed by atoms with Gasteiger partial charge in [-0.15, -0.1) is 0 Å². The second-order valence-electron chi connectivity index (χ2n) is 3.62. The van der Waals surface area contributed by atoms with Crippen molar-refractivity contribution in [2.75, 3.05) is 13.2 Å². The molecule has 1 N–H and O–H groups in total. The molecule has 7 nitrogen and oxygen atoms in total. The topological polar surface area (TPSA) is 98.9 Å². The van der Waals surface area contributed by atoms with Crippen LogP contribution in [0.1, 0.15) is 19.4 Å². The van der Waals surface area contributed by atoms with E-state index < -0.39 is 10.9 Å². The maximum absolute atomic E-state index is 10.9. The van der Waals surface area contributed by atoms with Gasteiger partial charge in [-0.1, -0.05) is 0 Å². The van der Waals surface area contributed by atoms with Crippen LogP contribution in [0, 0.1) is 10.1 Å². The molecule has 0 aromatic heterocycles. The third-order valence-corrected chi connectivity index (χ3v) is 2.28. The molecule has 0 saturated carbocycles. The maximum atomic E-state index is 10.9. The van der Waals surface area contributed by atoms with Crippen molar-refractivity contribution < 1.29 is 24.3 Å². The Kier molecular flexibility index (Phi) is 5.11. The molecule has 0 bridgehead atoms. The van der Waals surface area contributed by atoms with Gasteiger partial charge < -0.3 is 14.6 Å². The zero-order valence-corrected chi connectivity index (χ0v) is 10.7. The monoisotopic (exact) mass is 269 g/mol. The normalized spacial score (nSPS) is 10.0. The molecule has 0 aliphatic rings. The van der Waals surface area contributed by atoms with E-state index >= 15 is 0 Å². The van der Waals surface area contributed by atoms with Gasteiger partial charge in [-0.05, 0) is 13.8 Å². The van der Waals surface area contributed by atoms with Crippen molar-refractivity contribution in [1.29, 1.82) is 0 Å². The lowest BCUT2D eigenvalue weighted by Gasteiger charge is -2.12. The Morgan fingerprint density at radius 1 is 1.26 bits per heavy atom. The Morgan fingerprint density at radius 3 is 2.32 bits per heavy atom. The fourth-order valence-electron chi connectivity index (χ4n) is 1.60. The summed E-state index contributed by atoms with van der Waals surface area (Å²) in [5.74, 6) is -0.719. The minimum atomic E-state index is -1.08. The Morgan fingerprint density at radius 2 is 1.84 bits per heavy atom. The van der Waals surface area contributed by atoms with Crippen LogP contribution in [-0.2, 0) is 11.2 Å². The molecular formula is C12H15NO6. The summed E-state index contributed by atoms with van der Waals surface area (Å²) in [4.78, 5) is 21.1. The average molecular weight is 269 g/mol. The van der Waals surface area contributed by atoms with E-state index in [9.17, 15) is 14.9 Å². The van der Waals surface area contributed by atoms with Crippen LogP contribution >= 0.6 is 0 Å². The molecule has 0 radical (unpaired) electrons. The first-order valence-corrected chi connectivity index (χ1v) is 5.78. The average Bonchev–Trinajstić information content (AvgIpc) is 2.32. The Balaban J connectivity index is 3.31. The summed E-state index contributed by atoms with van der Waals surface area (Å²) in [7, 11) is 0. The lowest BCUT2D eigenvalue weighted by Crippen LogP contribution is -2.06. The predicted molar refractivity (Wildman–Crippen MR) is 66.8 cm³/mol. The maximum Gasteiger partial charge on any atom is 0.311 e. The van der Waals surface area contributed by atoms with Crippen LogP contribution in [0.2, 0.25) is 0 Å². The fourth-order valence-corrected chi connectivity index (χ4v) is 1.60. The molecule has 7 heteroatoms. The van der Waals surface area contributed by atoms with Crippen LogP contribution in [-0.4, -0.2) is 29.2 Å². The molecule has 0 saturated heterocycles. The summed E-state index contributed by atoms with van der Waals surface area (Å²) < 4.78 is 10.5. The van der Waals surface area contributed by atoms with Crippen molar-refractivity contribution in [3.8, 4) is 11.5 Å². The number of nitrogens with zero attached hydrogens (tertiary/aromatic N) is 1. The molecule has 0 atom stereocenters. The van der Waals surface area contributed by atoms with E-state index in [-0.39, 0.29) is 30.0 Å². The first kappa shape index (κ1) is 14.7. The zero-order chi connectivity index (χ0) is 14.4. The van der Waals surface area contributed by atoms with E-state index in [1.807, 2.05) is 0 Å². The van der Waals surface area contributed by atoms with Crippen molar-refractivity contribution >= 4 is 11.7 Å². The number of carboxylic acids is 1. The van der Waals surface area contributed by atoms with Crippen LogP contribution in [0.25, 0.3) is 0 Å². The van der Waals surface area contributed by atoms with Crippen molar-refractivity contribution in [2.45, 2.75) is 20.3 Å². The number of carboxylic acid groups (broad SMARTS) is 1. The summed E-state index contributed by atoms with van der Waals surface area (Å²) >= 11 is 0. The van der Waals surface area contributed by atoms with Gasteiger partial charge in [-0.3, -0.25) is 14.9 Å². The number of aliphatic carboxylic acids is 1. The highest BCUT2D eigenvalue weighted by Gasteiger charge is 2.21. The highest BCUT2D eigenvalue weighted by atomic mass is 16.6. The minimum Gasteiger partial charge on any atom is -0.493 e. The third kappa shape index (κ3) is 3.84. The standard InChI is InChI=1S/C12H15NO6/c1-3-18-10-7-11(19-4-2)9(13(16)17)5-8(10)6-12(14)15/h5,7H,3-4,6H2,1-2H3,(H,14,15). The van der Waals surface area contributed by atoms with Gasteiger partial charge in [0, 0.05) is 17.7 Å². The van der Waals surface area contributed by atoms with E-state index in [1.165, 1.54) is 12.1 Å². The van der Waals surface area contributed by atoms with Crippen molar-refractivity contribution in [1.82, 2.24) is 0 Å². The van der Waals surface area contributed by atoms with E-state index in [0.29, 0.717) is 12.4 Å². The van der Waals surface area contributed by atoms with Crippen molar-refractivity contribution in [2.24, 2.45) is 0 Å². The molecule has 0 aliphatic carbocycles. The van der Waals surface area contributed by atoms with E-state index in [0.717, 1.165) is 0 Å². The largest absolute Gasteiger partial charge is 0.493 e. The minimum absolute atomic E-state index is 0.0742. The van der Waals surface area contributed by atoms with E-state index in [4.69, 9.17) is 14.6 Å². The summed E-state index contributed by atoms with van der Waals surface area (Å²) in [6.45, 7) is 4.04. The van der Waals surface area contributed by atoms with Gasteiger partial charge in [0.2, 0.25) is 5.75 Å². The van der Waals surface area contributed by atoms with Crippen LogP contribution in [0.15, 0.2) is 12.1 Å². The SMILES string of the molecule is CCOc1cc(OCC)c([N+](=O)[O-])cc1CC(=O)O. The van der Waals surface area contributed by atoms with Gasteiger partial charge in [0.05, 0.1) is 24.6 Å². The van der Waals surface area contributed by atoms with Gasteiger partial charge in [0.15, 0.2) is 0 Å². The van der Waals surface area contributed by atoms with E-state index in [2.05, 4.69) is 0 Å². The molecule has 104 valence electrons. The molecule has 0 spiro atoms. The number of hydrogen-bond donors (Lipinski definition) is 1. The Bertz CT molecular complexity index is 485. The molecule has 19 heavy (non-hydrogen) atoms. The molecule has 0 heterocycles. The molecule has 0 amide bonds. The number of nitro groups is 1. The van der Waals surface area contributed by atoms with Crippen LogP contribution in [0.4, 0.5) is 5.69 Å². The first-order valence-electron chi connectivity index (χ1n) is 5.78. The number of benzene rings is 1. The zero-order valence-electron chi connectivity index (χ0n) is 10.7. The second kappa shape index (κ2) is 6.58. The predicted octanol–water partition coefficient (Wildman–Crippen LogP) is 2.02. The van der Waals surface area contributed by atoms with E-state index in [1.54, 1.807) is 13.8 Å². The van der Waals surface area contributed by atoms with Gasteiger partial charge >= 0.3 is 11.7 Å². The highest BCUT2D eigenvalue weighted by molar-refractivity contribution is 5.72. The van der Waals surface area contributed by atoms with Gasteiger partial charge in [0.1, 0.15) is 5.75 Å². The summed E-state index contributed by atoms with van der Waals surface area (Å²) in [5, 5.41) is 19.7. The molecule has 1 aromatic rings. The molecule has 0 fully saturated rings.